The van der Waals surface area contributed by atoms with Gasteiger partial charge in [-0.1, -0.05) is 12.1 Å². The molecule has 104 valence electrons. The molecule has 5 heteroatoms. The van der Waals surface area contributed by atoms with Crippen LogP contribution in [0.25, 0.3) is 0 Å². The van der Waals surface area contributed by atoms with E-state index in [0.29, 0.717) is 24.0 Å². The van der Waals surface area contributed by atoms with Gasteiger partial charge in [0.05, 0.1) is 12.3 Å². The van der Waals surface area contributed by atoms with Crippen molar-refractivity contribution in [3.63, 3.8) is 0 Å². The maximum atomic E-state index is 11.8. The molecule has 19 heavy (non-hydrogen) atoms. The van der Waals surface area contributed by atoms with Crippen molar-refractivity contribution in [1.82, 2.24) is 5.32 Å². The SMILES string of the molecule is CC(NC(=O)COc1ccccc1N)C1CCOC1. The molecule has 2 atom stereocenters. The smallest absolute Gasteiger partial charge is 0.258 e. The lowest BCUT2D eigenvalue weighted by atomic mass is 10.0. The van der Waals surface area contributed by atoms with Crippen LogP contribution in [0.1, 0.15) is 13.3 Å². The third-order valence-corrected chi connectivity index (χ3v) is 3.34. The number of ether oxygens (including phenoxy) is 2. The highest BCUT2D eigenvalue weighted by Gasteiger charge is 2.23. The minimum Gasteiger partial charge on any atom is -0.482 e. The molecule has 1 saturated heterocycles. The summed E-state index contributed by atoms with van der Waals surface area (Å²) in [4.78, 5) is 11.8. The van der Waals surface area contributed by atoms with Gasteiger partial charge in [-0.05, 0) is 25.5 Å². The van der Waals surface area contributed by atoms with Crippen LogP contribution in [0.2, 0.25) is 0 Å². The van der Waals surface area contributed by atoms with E-state index in [0.717, 1.165) is 13.0 Å². The molecule has 1 amide bonds. The zero-order valence-corrected chi connectivity index (χ0v) is 11.1. The molecule has 0 radical (unpaired) electrons. The van der Waals surface area contributed by atoms with Crippen molar-refractivity contribution in [3.05, 3.63) is 24.3 Å². The molecule has 0 spiro atoms. The normalized spacial score (nSPS) is 19.9. The van der Waals surface area contributed by atoms with Gasteiger partial charge < -0.3 is 20.5 Å². The van der Waals surface area contributed by atoms with E-state index < -0.39 is 0 Å². The number of hydrogen-bond acceptors (Lipinski definition) is 4. The molecule has 2 unspecified atom stereocenters. The molecular weight excluding hydrogens is 244 g/mol. The Morgan fingerprint density at radius 1 is 1.58 bits per heavy atom. The summed E-state index contributed by atoms with van der Waals surface area (Å²) in [6.07, 6.45) is 0.994. The largest absolute Gasteiger partial charge is 0.482 e. The number of nitrogens with one attached hydrogen (secondary N) is 1. The van der Waals surface area contributed by atoms with Crippen LogP contribution < -0.4 is 15.8 Å². The van der Waals surface area contributed by atoms with E-state index in [-0.39, 0.29) is 18.6 Å². The second-order valence-electron chi connectivity index (χ2n) is 4.81. The van der Waals surface area contributed by atoms with E-state index in [2.05, 4.69) is 5.32 Å². The van der Waals surface area contributed by atoms with Crippen LogP contribution >= 0.6 is 0 Å². The molecule has 1 aromatic rings. The highest BCUT2D eigenvalue weighted by Crippen LogP contribution is 2.19. The fraction of sp³-hybridized carbons (Fsp3) is 0.500. The van der Waals surface area contributed by atoms with E-state index in [1.165, 1.54) is 0 Å². The molecule has 1 heterocycles. The van der Waals surface area contributed by atoms with Gasteiger partial charge in [0.15, 0.2) is 6.61 Å². The van der Waals surface area contributed by atoms with Crippen molar-refractivity contribution in [2.75, 3.05) is 25.6 Å². The summed E-state index contributed by atoms with van der Waals surface area (Å²) >= 11 is 0. The molecule has 2 rings (SSSR count). The Hall–Kier alpha value is -1.75. The molecule has 0 bridgehead atoms. The lowest BCUT2D eigenvalue weighted by Gasteiger charge is -2.19. The van der Waals surface area contributed by atoms with Gasteiger partial charge in [0.25, 0.3) is 5.91 Å². The van der Waals surface area contributed by atoms with E-state index in [1.807, 2.05) is 19.1 Å². The van der Waals surface area contributed by atoms with Crippen molar-refractivity contribution < 1.29 is 14.3 Å². The van der Waals surface area contributed by atoms with Gasteiger partial charge in [0, 0.05) is 18.6 Å². The van der Waals surface area contributed by atoms with Crippen molar-refractivity contribution in [2.24, 2.45) is 5.92 Å². The Balaban J connectivity index is 1.77. The second-order valence-corrected chi connectivity index (χ2v) is 4.81. The fourth-order valence-corrected chi connectivity index (χ4v) is 2.12. The Bertz CT molecular complexity index is 430. The van der Waals surface area contributed by atoms with Crippen molar-refractivity contribution >= 4 is 11.6 Å². The molecular formula is C14H20N2O3. The first-order valence-electron chi connectivity index (χ1n) is 6.51. The Morgan fingerprint density at radius 2 is 2.37 bits per heavy atom. The topological polar surface area (TPSA) is 73.6 Å². The molecule has 1 aliphatic rings. The Labute approximate surface area is 113 Å². The number of nitrogens with two attached hydrogens (primary N) is 1. The Morgan fingerprint density at radius 3 is 3.05 bits per heavy atom. The first-order chi connectivity index (χ1) is 9.16. The number of anilines is 1. The number of para-hydroxylation sites is 2. The van der Waals surface area contributed by atoms with Crippen LogP contribution in [0.5, 0.6) is 5.75 Å². The maximum Gasteiger partial charge on any atom is 0.258 e. The van der Waals surface area contributed by atoms with Gasteiger partial charge in [-0.15, -0.1) is 0 Å². The molecule has 1 aliphatic heterocycles. The molecule has 5 nitrogen and oxygen atoms in total. The number of carbonyl (C=O) groups excluding carboxylic acids is 1. The summed E-state index contributed by atoms with van der Waals surface area (Å²) < 4.78 is 10.7. The number of nitrogen functional groups attached to an aromatic ring is 1. The molecule has 1 aromatic carbocycles. The van der Waals surface area contributed by atoms with Crippen molar-refractivity contribution in [1.29, 1.82) is 0 Å². The lowest BCUT2D eigenvalue weighted by Crippen LogP contribution is -2.40. The molecule has 0 aromatic heterocycles. The number of rotatable bonds is 5. The van der Waals surface area contributed by atoms with Crippen LogP contribution in [-0.2, 0) is 9.53 Å². The first kappa shape index (κ1) is 13.7. The molecule has 0 saturated carbocycles. The summed E-state index contributed by atoms with van der Waals surface area (Å²) in [6.45, 7) is 3.47. The van der Waals surface area contributed by atoms with Crippen LogP contribution in [0.3, 0.4) is 0 Å². The van der Waals surface area contributed by atoms with Gasteiger partial charge in [-0.2, -0.15) is 0 Å². The van der Waals surface area contributed by atoms with E-state index in [9.17, 15) is 4.79 Å². The second kappa shape index (κ2) is 6.43. The monoisotopic (exact) mass is 264 g/mol. The molecule has 1 fully saturated rings. The van der Waals surface area contributed by atoms with Crippen molar-refractivity contribution in [2.45, 2.75) is 19.4 Å². The number of benzene rings is 1. The third-order valence-electron chi connectivity index (χ3n) is 3.34. The summed E-state index contributed by atoms with van der Waals surface area (Å²) in [7, 11) is 0. The minimum atomic E-state index is -0.136. The highest BCUT2D eigenvalue weighted by atomic mass is 16.5. The van der Waals surface area contributed by atoms with Crippen molar-refractivity contribution in [3.8, 4) is 5.75 Å². The van der Waals surface area contributed by atoms with Crippen LogP contribution in [0, 0.1) is 5.92 Å². The fourth-order valence-electron chi connectivity index (χ4n) is 2.12. The highest BCUT2D eigenvalue weighted by molar-refractivity contribution is 5.78. The first-order valence-corrected chi connectivity index (χ1v) is 6.51. The predicted octanol–water partition coefficient (Wildman–Crippen LogP) is 1.19. The summed E-state index contributed by atoms with van der Waals surface area (Å²) in [6, 6.07) is 7.24. The number of hydrogen-bond donors (Lipinski definition) is 2. The van der Waals surface area contributed by atoms with Crippen LogP contribution in [-0.4, -0.2) is 31.8 Å². The predicted molar refractivity (Wildman–Crippen MR) is 72.9 cm³/mol. The average molecular weight is 264 g/mol. The van der Waals surface area contributed by atoms with E-state index >= 15 is 0 Å². The van der Waals surface area contributed by atoms with E-state index in [1.54, 1.807) is 12.1 Å². The zero-order valence-electron chi connectivity index (χ0n) is 11.1. The van der Waals surface area contributed by atoms with Gasteiger partial charge in [-0.3, -0.25) is 4.79 Å². The third kappa shape index (κ3) is 3.86. The van der Waals surface area contributed by atoms with Gasteiger partial charge in [0.2, 0.25) is 0 Å². The van der Waals surface area contributed by atoms with Gasteiger partial charge in [-0.25, -0.2) is 0 Å². The maximum absolute atomic E-state index is 11.8. The van der Waals surface area contributed by atoms with Crippen LogP contribution in [0.4, 0.5) is 5.69 Å². The summed E-state index contributed by atoms with van der Waals surface area (Å²) in [5.74, 6) is 0.794. The zero-order chi connectivity index (χ0) is 13.7. The Kier molecular flexibility index (Phi) is 4.63. The number of carbonyl (C=O) groups is 1. The average Bonchev–Trinajstić information content (AvgIpc) is 2.91. The quantitative estimate of drug-likeness (QED) is 0.783. The van der Waals surface area contributed by atoms with Gasteiger partial charge in [0.1, 0.15) is 5.75 Å². The van der Waals surface area contributed by atoms with Crippen LogP contribution in [0.15, 0.2) is 24.3 Å². The van der Waals surface area contributed by atoms with E-state index in [4.69, 9.17) is 15.2 Å². The minimum absolute atomic E-state index is 0.0217. The summed E-state index contributed by atoms with van der Waals surface area (Å²) in [5, 5.41) is 2.93. The van der Waals surface area contributed by atoms with Gasteiger partial charge >= 0.3 is 0 Å². The molecule has 3 N–H and O–H groups in total. The standard InChI is InChI=1S/C14H20N2O3/c1-10(11-6-7-18-8-11)16-14(17)9-19-13-5-3-2-4-12(13)15/h2-5,10-11H,6-9,15H2,1H3,(H,16,17). The lowest BCUT2D eigenvalue weighted by molar-refractivity contribution is -0.124. The number of amides is 1. The molecule has 0 aliphatic carbocycles. The summed E-state index contributed by atoms with van der Waals surface area (Å²) in [5.41, 5.74) is 6.27.